The second-order valence-corrected chi connectivity index (χ2v) is 7.29. The number of piperazine rings is 1. The molecule has 2 rings (SSSR count). The first-order valence-electron chi connectivity index (χ1n) is 8.03. The smallest absolute Gasteiger partial charge is 0.246 e. The summed E-state index contributed by atoms with van der Waals surface area (Å²) >= 11 is 0. The summed E-state index contributed by atoms with van der Waals surface area (Å²) in [6.07, 6.45) is 4.44. The molecule has 0 aliphatic carbocycles. The second-order valence-electron chi connectivity index (χ2n) is 7.29. The second kappa shape index (κ2) is 6.34. The van der Waals surface area contributed by atoms with Crippen LogP contribution in [0.3, 0.4) is 0 Å². The number of carbonyl (C=O) groups excluding carboxylic acids is 2. The van der Waals surface area contributed by atoms with Crippen LogP contribution in [0.5, 0.6) is 0 Å². The molecule has 2 aliphatic heterocycles. The predicted molar refractivity (Wildman–Crippen MR) is 80.8 cm³/mol. The van der Waals surface area contributed by atoms with E-state index in [0.29, 0.717) is 6.54 Å². The van der Waals surface area contributed by atoms with Crippen LogP contribution in [-0.4, -0.2) is 48.1 Å². The molecule has 1 N–H and O–H groups in total. The minimum absolute atomic E-state index is 0.0328. The van der Waals surface area contributed by atoms with Gasteiger partial charge in [0.15, 0.2) is 0 Å². The van der Waals surface area contributed by atoms with Crippen LogP contribution in [-0.2, 0) is 14.3 Å². The molecule has 21 heavy (non-hydrogen) atoms. The van der Waals surface area contributed by atoms with E-state index in [4.69, 9.17) is 4.74 Å². The van der Waals surface area contributed by atoms with Crippen molar-refractivity contribution < 1.29 is 14.3 Å². The summed E-state index contributed by atoms with van der Waals surface area (Å²) in [5.74, 6) is -0.0236. The molecule has 3 unspecified atom stereocenters. The van der Waals surface area contributed by atoms with Crippen molar-refractivity contribution in [1.29, 1.82) is 0 Å². The Morgan fingerprint density at radius 1 is 1.29 bits per heavy atom. The Balaban J connectivity index is 2.01. The maximum atomic E-state index is 12.7. The summed E-state index contributed by atoms with van der Waals surface area (Å²) < 4.78 is 5.72. The summed E-state index contributed by atoms with van der Waals surface area (Å²) in [4.78, 5) is 26.5. The molecule has 120 valence electrons. The van der Waals surface area contributed by atoms with Crippen molar-refractivity contribution in [2.75, 3.05) is 13.2 Å². The summed E-state index contributed by atoms with van der Waals surface area (Å²) in [5, 5.41) is 2.86. The van der Waals surface area contributed by atoms with E-state index < -0.39 is 6.04 Å². The molecule has 0 radical (unpaired) electrons. The van der Waals surface area contributed by atoms with Crippen LogP contribution in [0.2, 0.25) is 0 Å². The van der Waals surface area contributed by atoms with Gasteiger partial charge in [0.05, 0.1) is 6.10 Å². The van der Waals surface area contributed by atoms with Gasteiger partial charge in [-0.1, -0.05) is 20.8 Å². The first-order chi connectivity index (χ1) is 9.80. The highest BCUT2D eigenvalue weighted by atomic mass is 16.5. The molecule has 5 nitrogen and oxygen atoms in total. The monoisotopic (exact) mass is 296 g/mol. The lowest BCUT2D eigenvalue weighted by molar-refractivity contribution is -0.152. The normalized spacial score (nSPS) is 31.2. The van der Waals surface area contributed by atoms with Gasteiger partial charge in [-0.2, -0.15) is 0 Å². The van der Waals surface area contributed by atoms with E-state index in [-0.39, 0.29) is 29.4 Å². The highest BCUT2D eigenvalue weighted by Crippen LogP contribution is 2.26. The van der Waals surface area contributed by atoms with E-state index in [1.807, 2.05) is 20.8 Å². The molecule has 3 atom stereocenters. The lowest BCUT2D eigenvalue weighted by atomic mass is 9.84. The van der Waals surface area contributed by atoms with Gasteiger partial charge in [-0.15, -0.1) is 0 Å². The van der Waals surface area contributed by atoms with E-state index in [1.54, 1.807) is 11.8 Å². The maximum absolute atomic E-state index is 12.7. The van der Waals surface area contributed by atoms with Gasteiger partial charge < -0.3 is 15.0 Å². The van der Waals surface area contributed by atoms with Crippen LogP contribution in [0.4, 0.5) is 0 Å². The number of rotatable bonds is 3. The molecule has 2 amide bonds. The van der Waals surface area contributed by atoms with Crippen LogP contribution < -0.4 is 5.32 Å². The molecule has 0 aromatic heterocycles. The maximum Gasteiger partial charge on any atom is 0.246 e. The van der Waals surface area contributed by atoms with E-state index in [0.717, 1.165) is 25.9 Å². The molecular weight excluding hydrogens is 268 g/mol. The average molecular weight is 296 g/mol. The highest BCUT2D eigenvalue weighted by Gasteiger charge is 2.43. The molecule has 5 heteroatoms. The molecule has 0 aromatic rings. The molecule has 0 spiro atoms. The van der Waals surface area contributed by atoms with Crippen molar-refractivity contribution in [2.24, 2.45) is 5.41 Å². The third-order valence-electron chi connectivity index (χ3n) is 4.50. The fourth-order valence-electron chi connectivity index (χ4n) is 3.03. The number of hydrogen-bond donors (Lipinski definition) is 1. The first kappa shape index (κ1) is 16.3. The molecule has 2 heterocycles. The van der Waals surface area contributed by atoms with Crippen molar-refractivity contribution in [3.8, 4) is 0 Å². The average Bonchev–Trinajstić information content (AvgIpc) is 2.42. The van der Waals surface area contributed by atoms with Crippen LogP contribution in [0, 0.1) is 5.41 Å². The predicted octanol–water partition coefficient (Wildman–Crippen LogP) is 1.71. The zero-order valence-electron chi connectivity index (χ0n) is 13.6. The van der Waals surface area contributed by atoms with Crippen molar-refractivity contribution >= 4 is 11.8 Å². The number of carbonyl (C=O) groups is 2. The number of nitrogens with one attached hydrogen (secondary N) is 1. The van der Waals surface area contributed by atoms with Crippen LogP contribution in [0.25, 0.3) is 0 Å². The molecule has 0 aromatic carbocycles. The van der Waals surface area contributed by atoms with Gasteiger partial charge in [-0.05, 0) is 38.0 Å². The van der Waals surface area contributed by atoms with Crippen molar-refractivity contribution in [3.05, 3.63) is 0 Å². The zero-order valence-corrected chi connectivity index (χ0v) is 13.6. The first-order valence-corrected chi connectivity index (χ1v) is 8.03. The van der Waals surface area contributed by atoms with Crippen LogP contribution >= 0.6 is 0 Å². The fourth-order valence-corrected chi connectivity index (χ4v) is 3.03. The zero-order chi connectivity index (χ0) is 15.6. The van der Waals surface area contributed by atoms with Crippen LogP contribution in [0.15, 0.2) is 0 Å². The molecular formula is C16H28N2O3. The van der Waals surface area contributed by atoms with Gasteiger partial charge in [-0.3, -0.25) is 9.59 Å². The quantitative estimate of drug-likeness (QED) is 0.862. The van der Waals surface area contributed by atoms with E-state index >= 15 is 0 Å². The Hall–Kier alpha value is -1.10. The Bertz CT molecular complexity index is 397. The van der Waals surface area contributed by atoms with Crippen molar-refractivity contribution in [1.82, 2.24) is 10.2 Å². The number of amides is 2. The summed E-state index contributed by atoms with van der Waals surface area (Å²) in [6.45, 7) is 9.16. The largest absolute Gasteiger partial charge is 0.378 e. The number of nitrogens with zero attached hydrogens (tertiary/aromatic N) is 1. The molecule has 2 fully saturated rings. The molecule has 2 saturated heterocycles. The Kier molecular flexibility index (Phi) is 4.91. The van der Waals surface area contributed by atoms with E-state index in [2.05, 4.69) is 5.32 Å². The lowest BCUT2D eigenvalue weighted by Crippen LogP contribution is -2.66. The van der Waals surface area contributed by atoms with Gasteiger partial charge in [0.1, 0.15) is 12.1 Å². The lowest BCUT2D eigenvalue weighted by Gasteiger charge is -2.42. The number of hydrogen-bond acceptors (Lipinski definition) is 3. The van der Waals surface area contributed by atoms with Gasteiger partial charge in [0, 0.05) is 13.2 Å². The van der Waals surface area contributed by atoms with E-state index in [9.17, 15) is 9.59 Å². The van der Waals surface area contributed by atoms with Crippen molar-refractivity contribution in [3.63, 3.8) is 0 Å². The third-order valence-corrected chi connectivity index (χ3v) is 4.50. The van der Waals surface area contributed by atoms with Gasteiger partial charge >= 0.3 is 0 Å². The van der Waals surface area contributed by atoms with Gasteiger partial charge in [0.2, 0.25) is 11.8 Å². The summed E-state index contributed by atoms with van der Waals surface area (Å²) in [6, 6.07) is -0.826. The minimum Gasteiger partial charge on any atom is -0.378 e. The van der Waals surface area contributed by atoms with E-state index in [1.165, 1.54) is 6.42 Å². The SMILES string of the molecule is CC1C(=O)NC(C(C)(C)C)C(=O)N1CCC1CCCCO1. The molecule has 0 bridgehead atoms. The molecule has 2 aliphatic rings. The minimum atomic E-state index is -0.437. The highest BCUT2D eigenvalue weighted by molar-refractivity contribution is 5.97. The van der Waals surface area contributed by atoms with Crippen LogP contribution in [0.1, 0.15) is 53.4 Å². The third kappa shape index (κ3) is 3.76. The number of ether oxygens (including phenoxy) is 1. The van der Waals surface area contributed by atoms with Gasteiger partial charge in [0.25, 0.3) is 0 Å². The van der Waals surface area contributed by atoms with Crippen molar-refractivity contribution in [2.45, 2.75) is 71.6 Å². The topological polar surface area (TPSA) is 58.6 Å². The Labute approximate surface area is 127 Å². The summed E-state index contributed by atoms with van der Waals surface area (Å²) in [7, 11) is 0. The van der Waals surface area contributed by atoms with Gasteiger partial charge in [-0.25, -0.2) is 0 Å². The summed E-state index contributed by atoms with van der Waals surface area (Å²) in [5.41, 5.74) is -0.271. The molecule has 0 saturated carbocycles. The fraction of sp³-hybridized carbons (Fsp3) is 0.875. The Morgan fingerprint density at radius 2 is 2.00 bits per heavy atom. The Morgan fingerprint density at radius 3 is 2.57 bits per heavy atom. The standard InChI is InChI=1S/C16H28N2O3/c1-11-14(19)17-13(16(2,3)4)15(20)18(11)9-8-12-7-5-6-10-21-12/h11-13H,5-10H2,1-4H3,(H,17,19).